The molecule has 0 heterocycles. The summed E-state index contributed by atoms with van der Waals surface area (Å²) in [6.45, 7) is 0. The smallest absolute Gasteiger partial charge is 0.316 e. The average Bonchev–Trinajstić information content (AvgIpc) is 2.10. The van der Waals surface area contributed by atoms with E-state index in [-0.39, 0.29) is 0 Å². The van der Waals surface area contributed by atoms with Gasteiger partial charge in [-0.25, -0.2) is 8.78 Å². The van der Waals surface area contributed by atoms with Crippen LogP contribution in [0.3, 0.4) is 0 Å². The molecule has 84 valence electrons. The van der Waals surface area contributed by atoms with E-state index in [1.807, 2.05) is 0 Å². The molecular weight excluding hydrogens is 241 g/mol. The van der Waals surface area contributed by atoms with Gasteiger partial charge in [-0.05, 0) is 12.1 Å². The molecule has 0 fully saturated rings. The molecule has 1 nitrogen and oxygen atoms in total. The summed E-state index contributed by atoms with van der Waals surface area (Å²) in [5.41, 5.74) is 3.65. The zero-order valence-electron chi connectivity index (χ0n) is 7.08. The minimum absolute atomic E-state index is 0.544. The Bertz CT molecular complexity index is 376. The van der Waals surface area contributed by atoms with Crippen molar-refractivity contribution in [2.45, 2.75) is 12.2 Å². The molecule has 1 atom stereocenters. The van der Waals surface area contributed by atoms with E-state index in [0.29, 0.717) is 12.1 Å². The Morgan fingerprint density at radius 2 is 1.60 bits per heavy atom. The SMILES string of the molecule is NC(c1c(F)ccc(F)c1Cl)C(F)(F)F. The minimum atomic E-state index is -4.88. The lowest BCUT2D eigenvalue weighted by atomic mass is 10.1. The van der Waals surface area contributed by atoms with Gasteiger partial charge in [0.2, 0.25) is 0 Å². The first-order chi connectivity index (χ1) is 6.75. The van der Waals surface area contributed by atoms with Crippen molar-refractivity contribution >= 4 is 11.6 Å². The maximum atomic E-state index is 13.0. The Balaban J connectivity index is 3.31. The zero-order chi connectivity index (χ0) is 11.8. The molecule has 1 aromatic carbocycles. The van der Waals surface area contributed by atoms with Crippen LogP contribution in [-0.4, -0.2) is 6.18 Å². The van der Waals surface area contributed by atoms with Gasteiger partial charge in [0.15, 0.2) is 0 Å². The van der Waals surface area contributed by atoms with Crippen molar-refractivity contribution in [2.24, 2.45) is 5.73 Å². The van der Waals surface area contributed by atoms with Crippen molar-refractivity contribution in [3.8, 4) is 0 Å². The second-order valence-corrected chi connectivity index (χ2v) is 3.15. The van der Waals surface area contributed by atoms with Gasteiger partial charge >= 0.3 is 6.18 Å². The van der Waals surface area contributed by atoms with Gasteiger partial charge < -0.3 is 5.73 Å². The lowest BCUT2D eigenvalue weighted by molar-refractivity contribution is -0.149. The Kier molecular flexibility index (Phi) is 3.20. The van der Waals surface area contributed by atoms with Crippen molar-refractivity contribution in [3.63, 3.8) is 0 Å². The molecule has 0 aliphatic heterocycles. The Morgan fingerprint density at radius 1 is 1.13 bits per heavy atom. The molecule has 1 rings (SSSR count). The van der Waals surface area contributed by atoms with Crippen molar-refractivity contribution in [1.29, 1.82) is 0 Å². The molecule has 15 heavy (non-hydrogen) atoms. The second-order valence-electron chi connectivity index (χ2n) is 2.78. The average molecular weight is 246 g/mol. The van der Waals surface area contributed by atoms with Crippen LogP contribution in [0.5, 0.6) is 0 Å². The molecule has 0 radical (unpaired) electrons. The van der Waals surface area contributed by atoms with Crippen LogP contribution < -0.4 is 5.73 Å². The first-order valence-corrected chi connectivity index (χ1v) is 4.08. The Hall–Kier alpha value is -0.880. The van der Waals surface area contributed by atoms with Crippen molar-refractivity contribution in [2.75, 3.05) is 0 Å². The van der Waals surface area contributed by atoms with Gasteiger partial charge in [0, 0.05) is 5.56 Å². The summed E-state index contributed by atoms with van der Waals surface area (Å²) >= 11 is 5.20. The van der Waals surface area contributed by atoms with E-state index in [4.69, 9.17) is 17.3 Å². The number of rotatable bonds is 1. The predicted octanol–water partition coefficient (Wildman–Crippen LogP) is 3.18. The Labute approximate surface area is 86.6 Å². The van der Waals surface area contributed by atoms with Crippen LogP contribution in [0.1, 0.15) is 11.6 Å². The van der Waals surface area contributed by atoms with Crippen LogP contribution in [-0.2, 0) is 0 Å². The quantitative estimate of drug-likeness (QED) is 0.597. The number of hydrogen-bond donors (Lipinski definition) is 1. The standard InChI is InChI=1S/C8H5ClF5N/c9-6-4(11)2-1-3(10)5(6)7(15)8(12,13)14/h1-2,7H,15H2. The van der Waals surface area contributed by atoms with Gasteiger partial charge in [0.25, 0.3) is 0 Å². The number of halogens is 6. The second kappa shape index (κ2) is 3.94. The summed E-state index contributed by atoms with van der Waals surface area (Å²) in [4.78, 5) is 0. The Morgan fingerprint density at radius 3 is 2.07 bits per heavy atom. The highest BCUT2D eigenvalue weighted by molar-refractivity contribution is 6.31. The van der Waals surface area contributed by atoms with Crippen molar-refractivity contribution < 1.29 is 22.0 Å². The summed E-state index contributed by atoms with van der Waals surface area (Å²) < 4.78 is 62.2. The topological polar surface area (TPSA) is 26.0 Å². The fourth-order valence-electron chi connectivity index (χ4n) is 0.992. The molecule has 1 aromatic rings. The van der Waals surface area contributed by atoms with Crippen LogP contribution in [0.25, 0.3) is 0 Å². The van der Waals surface area contributed by atoms with E-state index in [9.17, 15) is 22.0 Å². The van der Waals surface area contributed by atoms with Crippen LogP contribution >= 0.6 is 11.6 Å². The van der Waals surface area contributed by atoms with Crippen molar-refractivity contribution in [3.05, 3.63) is 34.4 Å². The molecule has 0 saturated heterocycles. The van der Waals surface area contributed by atoms with Gasteiger partial charge in [-0.2, -0.15) is 13.2 Å². The van der Waals surface area contributed by atoms with Gasteiger partial charge in [0.1, 0.15) is 17.7 Å². The van der Waals surface area contributed by atoms with E-state index < -0.39 is 34.4 Å². The zero-order valence-corrected chi connectivity index (χ0v) is 7.83. The third-order valence-corrected chi connectivity index (χ3v) is 2.13. The lowest BCUT2D eigenvalue weighted by Gasteiger charge is -2.17. The number of nitrogens with two attached hydrogens (primary N) is 1. The molecule has 0 amide bonds. The summed E-state index contributed by atoms with van der Waals surface area (Å²) in [6, 6.07) is -1.47. The maximum absolute atomic E-state index is 13.0. The van der Waals surface area contributed by atoms with E-state index in [1.54, 1.807) is 0 Å². The largest absolute Gasteiger partial charge is 0.407 e. The van der Waals surface area contributed by atoms with E-state index in [1.165, 1.54) is 0 Å². The normalized spacial score (nSPS) is 14.1. The molecule has 0 saturated carbocycles. The highest BCUT2D eigenvalue weighted by atomic mass is 35.5. The molecule has 2 N–H and O–H groups in total. The molecule has 0 bridgehead atoms. The number of hydrogen-bond acceptors (Lipinski definition) is 1. The van der Waals surface area contributed by atoms with Crippen LogP contribution in [0.15, 0.2) is 12.1 Å². The van der Waals surface area contributed by atoms with E-state index in [2.05, 4.69) is 0 Å². The summed E-state index contributed by atoms with van der Waals surface area (Å²) in [7, 11) is 0. The number of benzene rings is 1. The van der Waals surface area contributed by atoms with E-state index >= 15 is 0 Å². The van der Waals surface area contributed by atoms with Gasteiger partial charge in [0.05, 0.1) is 5.02 Å². The van der Waals surface area contributed by atoms with Gasteiger partial charge in [-0.15, -0.1) is 0 Å². The molecule has 0 aromatic heterocycles. The van der Waals surface area contributed by atoms with Gasteiger partial charge in [-0.1, -0.05) is 11.6 Å². The first kappa shape index (κ1) is 12.2. The third kappa shape index (κ3) is 2.38. The molecule has 0 aliphatic rings. The molecule has 0 aliphatic carbocycles. The highest BCUT2D eigenvalue weighted by Crippen LogP contribution is 2.36. The molecule has 1 unspecified atom stereocenters. The fraction of sp³-hybridized carbons (Fsp3) is 0.250. The molecular formula is C8H5ClF5N. The first-order valence-electron chi connectivity index (χ1n) is 3.71. The molecule has 7 heteroatoms. The summed E-state index contributed by atoms with van der Waals surface area (Å²) in [6.07, 6.45) is -4.88. The van der Waals surface area contributed by atoms with Crippen LogP contribution in [0.2, 0.25) is 5.02 Å². The van der Waals surface area contributed by atoms with Gasteiger partial charge in [-0.3, -0.25) is 0 Å². The number of alkyl halides is 3. The fourth-order valence-corrected chi connectivity index (χ4v) is 1.26. The summed E-state index contributed by atoms with van der Waals surface area (Å²) in [5.74, 6) is -2.43. The maximum Gasteiger partial charge on any atom is 0.407 e. The summed E-state index contributed by atoms with van der Waals surface area (Å²) in [5, 5.41) is -0.945. The van der Waals surface area contributed by atoms with Crippen LogP contribution in [0, 0.1) is 11.6 Å². The predicted molar refractivity (Wildman–Crippen MR) is 44.4 cm³/mol. The monoisotopic (exact) mass is 245 g/mol. The van der Waals surface area contributed by atoms with Crippen LogP contribution in [0.4, 0.5) is 22.0 Å². The van der Waals surface area contributed by atoms with Crippen molar-refractivity contribution in [1.82, 2.24) is 0 Å². The van der Waals surface area contributed by atoms with E-state index in [0.717, 1.165) is 0 Å². The lowest BCUT2D eigenvalue weighted by Crippen LogP contribution is -2.29. The highest BCUT2D eigenvalue weighted by Gasteiger charge is 2.41. The molecule has 0 spiro atoms. The minimum Gasteiger partial charge on any atom is -0.316 e. The third-order valence-electron chi connectivity index (χ3n) is 1.74.